The third kappa shape index (κ3) is 5.84. The third-order valence-electron chi connectivity index (χ3n) is 3.15. The second kappa shape index (κ2) is 9.27. The Morgan fingerprint density at radius 3 is 2.38 bits per heavy atom. The van der Waals surface area contributed by atoms with E-state index in [2.05, 4.69) is 16.2 Å². The van der Waals surface area contributed by atoms with E-state index in [9.17, 15) is 19.5 Å². The van der Waals surface area contributed by atoms with Crippen molar-refractivity contribution in [1.29, 1.82) is 0 Å². The van der Waals surface area contributed by atoms with Gasteiger partial charge in [0.1, 0.15) is 0 Å². The van der Waals surface area contributed by atoms with Crippen molar-refractivity contribution < 1.29 is 49.0 Å². The van der Waals surface area contributed by atoms with Crippen molar-refractivity contribution in [2.45, 2.75) is 19.4 Å². The van der Waals surface area contributed by atoms with E-state index in [-0.39, 0.29) is 29.6 Å². The van der Waals surface area contributed by atoms with Gasteiger partial charge in [0.15, 0.2) is 0 Å². The zero-order chi connectivity index (χ0) is 16.8. The predicted octanol–water partition coefficient (Wildman–Crippen LogP) is -3.07. The summed E-state index contributed by atoms with van der Waals surface area (Å²) in [5.74, 6) is -2.64. The molecule has 0 saturated heterocycles. The summed E-state index contributed by atoms with van der Waals surface area (Å²) in [4.78, 5) is 33.5. The van der Waals surface area contributed by atoms with Gasteiger partial charge >= 0.3 is 29.6 Å². The summed E-state index contributed by atoms with van der Waals surface area (Å²) in [6, 6.07) is 11.9. The molecule has 120 valence electrons. The molecule has 0 aliphatic heterocycles. The smallest absolute Gasteiger partial charge is 0.548 e. The first-order chi connectivity index (χ1) is 11.0. The van der Waals surface area contributed by atoms with Crippen LogP contribution in [-0.2, 0) is 14.4 Å². The van der Waals surface area contributed by atoms with Gasteiger partial charge in [-0.1, -0.05) is 30.3 Å². The average molecular weight is 337 g/mol. The fourth-order valence-corrected chi connectivity index (χ4v) is 2.08. The molecule has 0 aliphatic rings. The van der Waals surface area contributed by atoms with E-state index in [4.69, 9.17) is 0 Å². The first-order valence-electron chi connectivity index (χ1n) is 6.97. The number of carbonyl (C=O) groups excluding carboxylic acids is 3. The van der Waals surface area contributed by atoms with Gasteiger partial charge in [-0.15, -0.1) is 0 Å². The molecule has 2 aromatic carbocycles. The molecule has 3 N–H and O–H groups in total. The van der Waals surface area contributed by atoms with Crippen molar-refractivity contribution >= 4 is 34.2 Å². The number of carboxylic acid groups (broad SMARTS) is 1. The van der Waals surface area contributed by atoms with Gasteiger partial charge in [0.05, 0.1) is 24.1 Å². The molecule has 2 amide bonds. The molecule has 8 heteroatoms. The number of nitrogens with one attached hydrogen (secondary N) is 3. The molecule has 24 heavy (non-hydrogen) atoms. The summed E-state index contributed by atoms with van der Waals surface area (Å²) in [7, 11) is 0. The quantitative estimate of drug-likeness (QED) is 0.383. The molecule has 0 saturated carbocycles. The number of amides is 2. The van der Waals surface area contributed by atoms with Crippen LogP contribution in [0, 0.1) is 0 Å². The van der Waals surface area contributed by atoms with Crippen LogP contribution in [0.5, 0.6) is 0 Å². The Labute approximate surface area is 161 Å². The number of carbonyl (C=O) groups is 3. The van der Waals surface area contributed by atoms with Crippen molar-refractivity contribution in [3.63, 3.8) is 0 Å². The van der Waals surface area contributed by atoms with Crippen LogP contribution in [0.4, 0.5) is 5.69 Å². The maximum Gasteiger partial charge on any atom is 1.00 e. The first kappa shape index (κ1) is 20.0. The predicted molar refractivity (Wildman–Crippen MR) is 82.9 cm³/mol. The monoisotopic (exact) mass is 337 g/mol. The molecule has 2 aromatic rings. The van der Waals surface area contributed by atoms with E-state index < -0.39 is 30.2 Å². The van der Waals surface area contributed by atoms with Gasteiger partial charge < -0.3 is 15.2 Å². The standard InChI is InChI=1S/C16H17N3O4.Na/c1-10(20)17-14(16(22)23)9-15(21)19-18-13-7-6-11-4-2-3-5-12(11)8-13;/h2-8,14,18H,9H2,1H3,(H,17,20)(H,19,21)(H,22,23);/q;+1/p-1/t14-;/m0./s1. The number of anilines is 1. The van der Waals surface area contributed by atoms with Crippen molar-refractivity contribution in [3.8, 4) is 0 Å². The Bertz CT molecular complexity index is 751. The Kier molecular flexibility index (Phi) is 7.70. The van der Waals surface area contributed by atoms with E-state index in [1.165, 1.54) is 6.92 Å². The number of hydrogen-bond donors (Lipinski definition) is 3. The maximum atomic E-state index is 11.8. The number of hydrazine groups is 1. The molecule has 0 unspecified atom stereocenters. The first-order valence-corrected chi connectivity index (χ1v) is 6.97. The van der Waals surface area contributed by atoms with Gasteiger partial charge in [-0.3, -0.25) is 20.4 Å². The number of rotatable bonds is 6. The third-order valence-corrected chi connectivity index (χ3v) is 3.15. The van der Waals surface area contributed by atoms with Crippen molar-refractivity contribution in [1.82, 2.24) is 10.7 Å². The van der Waals surface area contributed by atoms with Crippen molar-refractivity contribution in [2.24, 2.45) is 0 Å². The summed E-state index contributed by atoms with van der Waals surface area (Å²) in [5.41, 5.74) is 5.75. The maximum absolute atomic E-state index is 11.8. The van der Waals surface area contributed by atoms with Gasteiger partial charge in [-0.25, -0.2) is 0 Å². The molecule has 0 aliphatic carbocycles. The number of carboxylic acids is 1. The van der Waals surface area contributed by atoms with Gasteiger partial charge in [-0.05, 0) is 22.9 Å². The Hall–Kier alpha value is -2.09. The average Bonchev–Trinajstić information content (AvgIpc) is 2.51. The van der Waals surface area contributed by atoms with Crippen LogP contribution in [0.1, 0.15) is 13.3 Å². The van der Waals surface area contributed by atoms with Crippen LogP contribution in [0.25, 0.3) is 10.8 Å². The number of hydrogen-bond acceptors (Lipinski definition) is 5. The second-order valence-electron chi connectivity index (χ2n) is 5.01. The SMILES string of the molecule is CC(=O)N[C@@H](CC(=O)NNc1ccc2ccccc2c1)C(=O)[O-].[Na+]. The molecule has 0 aromatic heterocycles. The number of fused-ring (bicyclic) bond motifs is 1. The minimum atomic E-state index is -1.51. The van der Waals surface area contributed by atoms with E-state index in [1.54, 1.807) is 6.07 Å². The molecule has 7 nitrogen and oxygen atoms in total. The molecule has 0 fully saturated rings. The Morgan fingerprint density at radius 1 is 1.08 bits per heavy atom. The summed E-state index contributed by atoms with van der Waals surface area (Å²) in [6.07, 6.45) is -0.428. The summed E-state index contributed by atoms with van der Waals surface area (Å²) in [5, 5.41) is 15.1. The van der Waals surface area contributed by atoms with Crippen LogP contribution in [0.3, 0.4) is 0 Å². The van der Waals surface area contributed by atoms with Crippen LogP contribution < -0.4 is 50.8 Å². The minimum absolute atomic E-state index is 0. The molecular weight excluding hydrogens is 321 g/mol. The topological polar surface area (TPSA) is 110 Å². The summed E-state index contributed by atoms with van der Waals surface area (Å²) in [6.45, 7) is 1.17. The molecule has 1 atom stereocenters. The zero-order valence-corrected chi connectivity index (χ0v) is 15.5. The van der Waals surface area contributed by atoms with E-state index in [0.717, 1.165) is 10.8 Å². The van der Waals surface area contributed by atoms with Gasteiger partial charge in [0.2, 0.25) is 11.8 Å². The van der Waals surface area contributed by atoms with Gasteiger partial charge in [-0.2, -0.15) is 0 Å². The van der Waals surface area contributed by atoms with Gasteiger partial charge in [0, 0.05) is 6.92 Å². The molecule has 0 radical (unpaired) electrons. The van der Waals surface area contributed by atoms with Crippen LogP contribution in [-0.4, -0.2) is 23.8 Å². The van der Waals surface area contributed by atoms with Crippen LogP contribution >= 0.6 is 0 Å². The minimum Gasteiger partial charge on any atom is -0.548 e. The van der Waals surface area contributed by atoms with Crippen LogP contribution in [0.15, 0.2) is 42.5 Å². The number of aliphatic carboxylic acids is 1. The van der Waals surface area contributed by atoms with E-state index in [0.29, 0.717) is 5.69 Å². The molecule has 2 rings (SSSR count). The molecular formula is C16H16N3NaO4. The normalized spacial score (nSPS) is 11.0. The second-order valence-corrected chi connectivity index (χ2v) is 5.01. The van der Waals surface area contributed by atoms with E-state index in [1.807, 2.05) is 36.4 Å². The van der Waals surface area contributed by atoms with E-state index >= 15 is 0 Å². The fraction of sp³-hybridized carbons (Fsp3) is 0.188. The van der Waals surface area contributed by atoms with Gasteiger partial charge in [0.25, 0.3) is 0 Å². The van der Waals surface area contributed by atoms with Crippen molar-refractivity contribution in [3.05, 3.63) is 42.5 Å². The summed E-state index contributed by atoms with van der Waals surface area (Å²) < 4.78 is 0. The Morgan fingerprint density at radius 2 is 1.75 bits per heavy atom. The number of benzene rings is 2. The summed E-state index contributed by atoms with van der Waals surface area (Å²) >= 11 is 0. The fourth-order valence-electron chi connectivity index (χ4n) is 2.08. The largest absolute Gasteiger partial charge is 1.00 e. The molecule has 0 spiro atoms. The van der Waals surface area contributed by atoms with Crippen molar-refractivity contribution in [2.75, 3.05) is 5.43 Å². The Balaban J connectivity index is 0.00000288. The zero-order valence-electron chi connectivity index (χ0n) is 13.5. The molecule has 0 heterocycles. The van der Waals surface area contributed by atoms with Crippen LogP contribution in [0.2, 0.25) is 0 Å². The molecule has 0 bridgehead atoms.